The van der Waals surface area contributed by atoms with Crippen molar-refractivity contribution in [3.63, 3.8) is 0 Å². The van der Waals surface area contributed by atoms with Crippen LogP contribution in [0.3, 0.4) is 0 Å². The third-order valence-electron chi connectivity index (χ3n) is 4.60. The highest BCUT2D eigenvalue weighted by molar-refractivity contribution is 6.30. The van der Waals surface area contributed by atoms with Crippen LogP contribution in [0, 0.1) is 0 Å². The maximum Gasteiger partial charge on any atom is 0.323 e. The van der Waals surface area contributed by atoms with Gasteiger partial charge in [-0.2, -0.15) is 0 Å². The predicted molar refractivity (Wildman–Crippen MR) is 82.4 cm³/mol. The molecule has 3 rings (SSSR count). The lowest BCUT2D eigenvalue weighted by Crippen LogP contribution is -2.52. The van der Waals surface area contributed by atoms with Crippen molar-refractivity contribution in [3.05, 3.63) is 34.9 Å². The van der Waals surface area contributed by atoms with Crippen molar-refractivity contribution in [1.29, 1.82) is 0 Å². The summed E-state index contributed by atoms with van der Waals surface area (Å²) in [6.45, 7) is 6.62. The molecular formula is C16H21ClN2O2. The molecular weight excluding hydrogens is 288 g/mol. The predicted octanol–water partition coefficient (Wildman–Crippen LogP) is 2.33. The van der Waals surface area contributed by atoms with Gasteiger partial charge in [-0.1, -0.05) is 23.7 Å². The van der Waals surface area contributed by atoms with Gasteiger partial charge in [0, 0.05) is 43.7 Å². The Hall–Kier alpha value is -1.10. The SMILES string of the molecule is CC(c1ccc(Cl)cc1)N1CCN(C2CCOC2=O)CC1. The summed E-state index contributed by atoms with van der Waals surface area (Å²) < 4.78 is 5.07. The summed E-state index contributed by atoms with van der Waals surface area (Å²) >= 11 is 5.94. The Morgan fingerprint density at radius 2 is 1.86 bits per heavy atom. The lowest BCUT2D eigenvalue weighted by molar-refractivity contribution is -0.142. The van der Waals surface area contributed by atoms with Crippen LogP contribution in [-0.4, -0.2) is 54.6 Å². The molecule has 114 valence electrons. The molecule has 2 aliphatic heterocycles. The molecule has 0 aromatic heterocycles. The Morgan fingerprint density at radius 3 is 2.43 bits per heavy atom. The molecule has 5 heteroatoms. The molecule has 2 atom stereocenters. The Labute approximate surface area is 130 Å². The molecule has 0 bridgehead atoms. The van der Waals surface area contributed by atoms with Crippen LogP contribution in [0.15, 0.2) is 24.3 Å². The smallest absolute Gasteiger partial charge is 0.323 e. The number of nitrogens with zero attached hydrogens (tertiary/aromatic N) is 2. The normalized spacial score (nSPS) is 25.8. The lowest BCUT2D eigenvalue weighted by Gasteiger charge is -2.39. The minimum Gasteiger partial charge on any atom is -0.464 e. The van der Waals surface area contributed by atoms with Crippen LogP contribution in [0.2, 0.25) is 5.02 Å². The van der Waals surface area contributed by atoms with E-state index in [-0.39, 0.29) is 12.0 Å². The summed E-state index contributed by atoms with van der Waals surface area (Å²) in [6, 6.07) is 8.43. The quantitative estimate of drug-likeness (QED) is 0.802. The fraction of sp³-hybridized carbons (Fsp3) is 0.562. The number of hydrogen-bond donors (Lipinski definition) is 0. The summed E-state index contributed by atoms with van der Waals surface area (Å²) in [5.74, 6) is -0.0470. The molecule has 0 saturated carbocycles. The number of carbonyl (C=O) groups is 1. The van der Waals surface area contributed by atoms with E-state index < -0.39 is 0 Å². The maximum absolute atomic E-state index is 11.7. The Balaban J connectivity index is 1.57. The first-order valence-electron chi connectivity index (χ1n) is 7.55. The average Bonchev–Trinajstić information content (AvgIpc) is 2.94. The summed E-state index contributed by atoms with van der Waals surface area (Å²) in [5.41, 5.74) is 1.29. The van der Waals surface area contributed by atoms with Gasteiger partial charge in [-0.3, -0.25) is 14.6 Å². The van der Waals surface area contributed by atoms with Gasteiger partial charge in [-0.15, -0.1) is 0 Å². The van der Waals surface area contributed by atoms with E-state index in [0.29, 0.717) is 12.6 Å². The van der Waals surface area contributed by atoms with Crippen LogP contribution < -0.4 is 0 Å². The molecule has 0 amide bonds. The Bertz CT molecular complexity index is 498. The summed E-state index contributed by atoms with van der Waals surface area (Å²) in [5, 5.41) is 0.774. The molecule has 0 spiro atoms. The van der Waals surface area contributed by atoms with Gasteiger partial charge in [-0.05, 0) is 24.6 Å². The third-order valence-corrected chi connectivity index (χ3v) is 4.85. The van der Waals surface area contributed by atoms with Gasteiger partial charge in [0.1, 0.15) is 6.04 Å². The van der Waals surface area contributed by atoms with Crippen LogP contribution in [0.1, 0.15) is 24.9 Å². The number of rotatable bonds is 3. The van der Waals surface area contributed by atoms with E-state index in [9.17, 15) is 4.79 Å². The van der Waals surface area contributed by atoms with E-state index in [2.05, 4.69) is 28.9 Å². The first-order chi connectivity index (χ1) is 10.1. The zero-order valence-corrected chi connectivity index (χ0v) is 13.1. The van der Waals surface area contributed by atoms with Crippen LogP contribution in [0.4, 0.5) is 0 Å². The Kier molecular flexibility index (Phi) is 4.48. The van der Waals surface area contributed by atoms with Crippen molar-refractivity contribution in [3.8, 4) is 0 Å². The number of cyclic esters (lactones) is 1. The van der Waals surface area contributed by atoms with E-state index in [4.69, 9.17) is 16.3 Å². The van der Waals surface area contributed by atoms with Crippen molar-refractivity contribution in [2.75, 3.05) is 32.8 Å². The fourth-order valence-electron chi connectivity index (χ4n) is 3.21. The van der Waals surface area contributed by atoms with Gasteiger partial charge >= 0.3 is 5.97 Å². The minimum absolute atomic E-state index is 0.0158. The summed E-state index contributed by atoms with van der Waals surface area (Å²) in [4.78, 5) is 16.4. The zero-order chi connectivity index (χ0) is 14.8. The monoisotopic (exact) mass is 308 g/mol. The first kappa shape index (κ1) is 14.8. The van der Waals surface area contributed by atoms with Crippen molar-refractivity contribution in [2.45, 2.75) is 25.4 Å². The molecule has 2 aliphatic rings. The number of carbonyl (C=O) groups excluding carboxylic acids is 1. The molecule has 0 aliphatic carbocycles. The number of hydrogen-bond acceptors (Lipinski definition) is 4. The zero-order valence-electron chi connectivity index (χ0n) is 12.3. The van der Waals surface area contributed by atoms with E-state index in [1.807, 2.05) is 12.1 Å². The maximum atomic E-state index is 11.7. The van der Waals surface area contributed by atoms with Crippen LogP contribution >= 0.6 is 11.6 Å². The summed E-state index contributed by atoms with van der Waals surface area (Å²) in [7, 11) is 0. The topological polar surface area (TPSA) is 32.8 Å². The average molecular weight is 309 g/mol. The number of esters is 1. The first-order valence-corrected chi connectivity index (χ1v) is 7.93. The number of halogens is 1. The largest absolute Gasteiger partial charge is 0.464 e. The highest BCUT2D eigenvalue weighted by atomic mass is 35.5. The van der Waals surface area contributed by atoms with Crippen LogP contribution in [0.25, 0.3) is 0 Å². The number of ether oxygens (including phenoxy) is 1. The van der Waals surface area contributed by atoms with Gasteiger partial charge < -0.3 is 4.74 Å². The molecule has 2 unspecified atom stereocenters. The van der Waals surface area contributed by atoms with Gasteiger partial charge in [0.2, 0.25) is 0 Å². The van der Waals surface area contributed by atoms with E-state index in [1.165, 1.54) is 5.56 Å². The molecule has 1 aromatic rings. The van der Waals surface area contributed by atoms with E-state index in [0.717, 1.165) is 37.6 Å². The molecule has 2 heterocycles. The van der Waals surface area contributed by atoms with E-state index >= 15 is 0 Å². The molecule has 4 nitrogen and oxygen atoms in total. The van der Waals surface area contributed by atoms with Gasteiger partial charge in [0.25, 0.3) is 0 Å². The minimum atomic E-state index is -0.0470. The molecule has 0 N–H and O–H groups in total. The summed E-state index contributed by atoms with van der Waals surface area (Å²) in [6.07, 6.45) is 0.839. The van der Waals surface area contributed by atoms with E-state index in [1.54, 1.807) is 0 Å². The Morgan fingerprint density at radius 1 is 1.19 bits per heavy atom. The molecule has 21 heavy (non-hydrogen) atoms. The fourth-order valence-corrected chi connectivity index (χ4v) is 3.33. The highest BCUT2D eigenvalue weighted by Gasteiger charge is 2.34. The van der Waals surface area contributed by atoms with Gasteiger partial charge in [0.05, 0.1) is 6.61 Å². The molecule has 1 aromatic carbocycles. The lowest BCUT2D eigenvalue weighted by atomic mass is 10.1. The standard InChI is InChI=1S/C16H21ClN2O2/c1-12(13-2-4-14(17)5-3-13)18-7-9-19(10-8-18)15-6-11-21-16(15)20/h2-5,12,15H,6-11H2,1H3. The van der Waals surface area contributed by atoms with Crippen molar-refractivity contribution < 1.29 is 9.53 Å². The number of piperazine rings is 1. The van der Waals surface area contributed by atoms with Crippen molar-refractivity contribution in [2.24, 2.45) is 0 Å². The number of benzene rings is 1. The van der Waals surface area contributed by atoms with Crippen molar-refractivity contribution in [1.82, 2.24) is 9.80 Å². The van der Waals surface area contributed by atoms with Crippen LogP contribution in [-0.2, 0) is 9.53 Å². The van der Waals surface area contributed by atoms with Gasteiger partial charge in [0.15, 0.2) is 0 Å². The van der Waals surface area contributed by atoms with Gasteiger partial charge in [-0.25, -0.2) is 0 Å². The molecule has 2 saturated heterocycles. The highest BCUT2D eigenvalue weighted by Crippen LogP contribution is 2.24. The molecule has 0 radical (unpaired) electrons. The molecule has 2 fully saturated rings. The second-order valence-corrected chi connectivity index (χ2v) is 6.21. The van der Waals surface area contributed by atoms with Crippen LogP contribution in [0.5, 0.6) is 0 Å². The second-order valence-electron chi connectivity index (χ2n) is 5.77. The van der Waals surface area contributed by atoms with Crippen molar-refractivity contribution >= 4 is 17.6 Å². The second kappa shape index (κ2) is 6.34. The third kappa shape index (κ3) is 3.23.